The van der Waals surface area contributed by atoms with Crippen LogP contribution in [0.5, 0.6) is 34.5 Å². The summed E-state index contributed by atoms with van der Waals surface area (Å²) in [6.07, 6.45) is 26.4. The number of carbonyl (C=O) groups is 2. The molecule has 6 heterocycles. The van der Waals surface area contributed by atoms with Gasteiger partial charge in [-0.3, -0.25) is 34.1 Å². The molecule has 18 nitrogen and oxygen atoms in total. The highest BCUT2D eigenvalue weighted by Crippen LogP contribution is 2.42. The number of methoxy groups -OCH3 is 7. The third-order valence-electron chi connectivity index (χ3n) is 14.3. The topological polar surface area (TPSA) is 203 Å². The Morgan fingerprint density at radius 1 is 0.429 bits per heavy atom. The molecule has 9 aromatic rings. The Morgan fingerprint density at radius 3 is 1.13 bits per heavy atom. The van der Waals surface area contributed by atoms with Crippen molar-refractivity contribution in [2.24, 2.45) is 0 Å². The summed E-state index contributed by atoms with van der Waals surface area (Å²) in [7, 11) is 11.1. The van der Waals surface area contributed by atoms with E-state index in [9.17, 15) is 24.0 Å². The smallest absolute Gasteiger partial charge is 0.260 e. The lowest BCUT2D eigenvalue weighted by Crippen LogP contribution is -2.20. The maximum Gasteiger partial charge on any atom is 0.260 e. The molecule has 0 aliphatic rings. The van der Waals surface area contributed by atoms with Crippen molar-refractivity contribution in [2.75, 3.05) is 49.8 Å². The molecule has 0 N–H and O–H groups in total. The molecule has 438 valence electrons. The van der Waals surface area contributed by atoms with E-state index in [0.717, 1.165) is 112 Å². The number of aryl methyl sites for hydroxylation is 3. The van der Waals surface area contributed by atoms with Gasteiger partial charge in [0.25, 0.3) is 16.7 Å². The number of nitrogens with zero attached hydrogens (tertiary/aromatic N) is 6. The number of ether oxygens (including phenoxy) is 7. The van der Waals surface area contributed by atoms with Crippen LogP contribution in [0.2, 0.25) is 0 Å². The lowest BCUT2D eigenvalue weighted by molar-refractivity contribution is -0.107. The minimum atomic E-state index is -0.0641. The molecule has 0 bridgehead atoms. The van der Waals surface area contributed by atoms with Crippen LogP contribution >= 0.6 is 0 Å². The summed E-state index contributed by atoms with van der Waals surface area (Å²) in [5, 5.41) is 4.11. The Hall–Kier alpha value is -9.58. The van der Waals surface area contributed by atoms with Gasteiger partial charge in [0, 0.05) is 126 Å². The molecule has 6 aromatic heterocycles. The first-order valence-corrected chi connectivity index (χ1v) is 27.7. The van der Waals surface area contributed by atoms with Crippen LogP contribution in [0.15, 0.2) is 131 Å². The zero-order valence-corrected chi connectivity index (χ0v) is 49.4. The predicted octanol–water partition coefficient (Wildman–Crippen LogP) is 11.8. The Bertz CT molecular complexity index is 4000. The van der Waals surface area contributed by atoms with Crippen molar-refractivity contribution in [3.8, 4) is 67.9 Å². The van der Waals surface area contributed by atoms with E-state index in [-0.39, 0.29) is 23.1 Å². The fourth-order valence-electron chi connectivity index (χ4n) is 9.89. The van der Waals surface area contributed by atoms with E-state index in [2.05, 4.69) is 35.7 Å². The van der Waals surface area contributed by atoms with Gasteiger partial charge >= 0.3 is 0 Å². The predicted molar refractivity (Wildman–Crippen MR) is 330 cm³/mol. The molecule has 0 unspecified atom stereocenters. The van der Waals surface area contributed by atoms with E-state index in [1.807, 2.05) is 67.1 Å². The maximum atomic E-state index is 12.9. The molecule has 0 aliphatic carbocycles. The first kappa shape index (κ1) is 62.0. The van der Waals surface area contributed by atoms with E-state index >= 15 is 0 Å². The van der Waals surface area contributed by atoms with Gasteiger partial charge in [0.1, 0.15) is 40.8 Å². The number of rotatable bonds is 23. The van der Waals surface area contributed by atoms with Crippen LogP contribution < -0.4 is 45.1 Å². The average Bonchev–Trinajstić information content (AvgIpc) is 2.50. The van der Waals surface area contributed by atoms with Gasteiger partial charge in [-0.2, -0.15) is 0 Å². The molecular weight excluding hydrogens is 1070 g/mol. The summed E-state index contributed by atoms with van der Waals surface area (Å²) in [6.45, 7) is 8.19. The van der Waals surface area contributed by atoms with Gasteiger partial charge in [0.2, 0.25) is 0 Å². The molecule has 0 atom stereocenters. The second-order valence-electron chi connectivity index (χ2n) is 19.4. The van der Waals surface area contributed by atoms with Gasteiger partial charge in [-0.15, -0.1) is 0 Å². The minimum Gasteiger partial charge on any atom is -0.504 e. The summed E-state index contributed by atoms with van der Waals surface area (Å²) < 4.78 is 43.5. The van der Waals surface area contributed by atoms with Crippen LogP contribution in [0.3, 0.4) is 0 Å². The summed E-state index contributed by atoms with van der Waals surface area (Å²) in [6, 6.07) is 16.4. The number of aldehydes is 2. The zero-order valence-electron chi connectivity index (χ0n) is 49.4. The Kier molecular flexibility index (Phi) is 22.1. The molecule has 0 aliphatic heterocycles. The third-order valence-corrected chi connectivity index (χ3v) is 14.3. The van der Waals surface area contributed by atoms with E-state index in [0.29, 0.717) is 75.9 Å². The van der Waals surface area contributed by atoms with Gasteiger partial charge in [-0.1, -0.05) is 40.0 Å². The lowest BCUT2D eigenvalue weighted by Gasteiger charge is -2.17. The molecule has 0 fully saturated rings. The quantitative estimate of drug-likeness (QED) is 0.0432. The van der Waals surface area contributed by atoms with Crippen molar-refractivity contribution in [3.05, 3.63) is 164 Å². The van der Waals surface area contributed by atoms with Gasteiger partial charge in [0.05, 0.1) is 77.8 Å². The maximum absolute atomic E-state index is 12.9. The third kappa shape index (κ3) is 13.7. The molecule has 9 rings (SSSR count). The van der Waals surface area contributed by atoms with Crippen molar-refractivity contribution in [1.29, 1.82) is 0 Å². The Balaban J connectivity index is 0.000000181. The SMILES string of the molecule is CCCCn1cc(-c2cc(OC)c(C=COC)cc2OC)c2ccncc2c1=O.CCCCn1cc(-c2cc(OC)c(C=O)cc2OC)c2ccncc2c1=O.CCCCn1cc(-c2cc(OC)c(CC=O)cc2OC)c2ccncc2c1=O. The van der Waals surface area contributed by atoms with Gasteiger partial charge < -0.3 is 51.7 Å². The minimum absolute atomic E-state index is 0.0316. The molecule has 0 radical (unpaired) electrons. The highest BCUT2D eigenvalue weighted by atomic mass is 16.5. The Morgan fingerprint density at radius 2 is 0.786 bits per heavy atom. The standard InChI is InChI=1S/C23H26N2O4.C22H24N2O4.C21H22N2O4/c1-5-6-10-25-15-20(17-7-9-24-14-19(17)23(25)26)18-13-21(28-3)16(8-11-27-2)12-22(18)29-4;1-4-5-9-24-14-19(16-6-8-23-13-18(16)22(24)26)17-12-20(27-2)15(7-10-25)11-21(17)28-3;1-4-5-8-23-12-18(15-6-7-22-11-17(15)21(23)25)16-10-19(26-2)14(13-24)9-20(16)27-3/h7-9,11-15H,5-6,10H2,1-4H3;6,8,10-14H,4-5,7,9H2,1-3H3;6-7,9-13H,4-5,8H2,1-3H3. The number of carbonyl (C=O) groups excluding carboxylic acids is 2. The fraction of sp³-hybridized carbons (Fsp3) is 0.303. The Labute approximate surface area is 487 Å². The summed E-state index contributed by atoms with van der Waals surface area (Å²) in [4.78, 5) is 73.4. The van der Waals surface area contributed by atoms with Crippen molar-refractivity contribution >= 4 is 51.0 Å². The highest BCUT2D eigenvalue weighted by molar-refractivity contribution is 6.00. The van der Waals surface area contributed by atoms with E-state index < -0.39 is 0 Å². The highest BCUT2D eigenvalue weighted by Gasteiger charge is 2.21. The first-order valence-electron chi connectivity index (χ1n) is 27.7. The monoisotopic (exact) mass is 1140 g/mol. The number of hydrogen-bond acceptors (Lipinski definition) is 15. The van der Waals surface area contributed by atoms with Crippen molar-refractivity contribution in [1.82, 2.24) is 28.7 Å². The zero-order chi connectivity index (χ0) is 60.3. The van der Waals surface area contributed by atoms with Crippen molar-refractivity contribution in [3.63, 3.8) is 0 Å². The molecular formula is C66H72N6O12. The van der Waals surface area contributed by atoms with Crippen LogP contribution in [0.25, 0.3) is 71.8 Å². The molecule has 3 aromatic carbocycles. The van der Waals surface area contributed by atoms with Crippen molar-refractivity contribution in [2.45, 2.75) is 85.4 Å². The normalized spacial score (nSPS) is 10.9. The summed E-state index contributed by atoms with van der Waals surface area (Å²) in [5.41, 5.74) is 6.83. The first-order chi connectivity index (χ1) is 40.9. The van der Waals surface area contributed by atoms with Gasteiger partial charge in [0.15, 0.2) is 6.29 Å². The number of benzene rings is 3. The van der Waals surface area contributed by atoms with Crippen LogP contribution in [0.1, 0.15) is 80.8 Å². The van der Waals surface area contributed by atoms with Crippen LogP contribution in [0, 0.1) is 0 Å². The van der Waals surface area contributed by atoms with E-state index in [1.165, 1.54) is 7.11 Å². The van der Waals surface area contributed by atoms with Crippen LogP contribution in [0.4, 0.5) is 0 Å². The van der Waals surface area contributed by atoms with Crippen LogP contribution in [-0.2, 0) is 35.6 Å². The van der Waals surface area contributed by atoms with E-state index in [1.54, 1.807) is 112 Å². The number of pyridine rings is 6. The molecule has 0 saturated heterocycles. The number of aromatic nitrogens is 6. The fourth-order valence-corrected chi connectivity index (χ4v) is 9.89. The molecule has 0 saturated carbocycles. The van der Waals surface area contributed by atoms with Crippen LogP contribution in [-0.4, -0.2) is 91.0 Å². The lowest BCUT2D eigenvalue weighted by atomic mass is 9.98. The number of hydrogen-bond donors (Lipinski definition) is 0. The second kappa shape index (κ2) is 29.9. The molecule has 0 amide bonds. The summed E-state index contributed by atoms with van der Waals surface area (Å²) in [5.74, 6) is 3.59. The van der Waals surface area contributed by atoms with Gasteiger partial charge in [-0.05, 0) is 96.1 Å². The van der Waals surface area contributed by atoms with Gasteiger partial charge in [-0.25, -0.2) is 0 Å². The number of unbranched alkanes of at least 4 members (excludes halogenated alkanes) is 3. The average molecular weight is 1140 g/mol. The second-order valence-corrected chi connectivity index (χ2v) is 19.4. The van der Waals surface area contributed by atoms with E-state index in [4.69, 9.17) is 33.2 Å². The molecule has 0 spiro atoms. The molecule has 18 heteroatoms. The van der Waals surface area contributed by atoms with Crippen molar-refractivity contribution < 1.29 is 42.7 Å². The molecule has 84 heavy (non-hydrogen) atoms. The number of fused-ring (bicyclic) bond motifs is 3. The largest absolute Gasteiger partial charge is 0.504 e. The summed E-state index contributed by atoms with van der Waals surface area (Å²) >= 11 is 0.